The van der Waals surface area contributed by atoms with Crippen LogP contribution in [0.1, 0.15) is 132 Å². The third-order valence-electron chi connectivity index (χ3n) is 18.1. The van der Waals surface area contributed by atoms with E-state index < -0.39 is 0 Å². The number of nitrogens with zero attached hydrogens (tertiary/aromatic N) is 4. The molecular weight excluding hydrogens is 1030 g/mol. The van der Waals surface area contributed by atoms with E-state index in [0.717, 1.165) is 34.0 Å². The number of anilines is 9. The molecule has 0 saturated carbocycles. The average molecular weight is 1110 g/mol. The van der Waals surface area contributed by atoms with Crippen LogP contribution in [0.3, 0.4) is 0 Å². The number of rotatable bonds is 7. The van der Waals surface area contributed by atoms with Gasteiger partial charge in [-0.25, -0.2) is 0 Å². The predicted molar refractivity (Wildman–Crippen MR) is 368 cm³/mol. The fourth-order valence-electron chi connectivity index (χ4n) is 13.2. The summed E-state index contributed by atoms with van der Waals surface area (Å²) in [6, 6.07) is 83.7. The molecule has 85 heavy (non-hydrogen) atoms. The van der Waals surface area contributed by atoms with E-state index in [1.54, 1.807) is 0 Å². The molecule has 0 radical (unpaired) electrons. The van der Waals surface area contributed by atoms with Crippen LogP contribution in [0.5, 0.6) is 0 Å². The second-order valence-corrected chi connectivity index (χ2v) is 29.2. The van der Waals surface area contributed by atoms with Crippen molar-refractivity contribution in [1.82, 2.24) is 4.57 Å². The molecule has 0 aliphatic carbocycles. The van der Waals surface area contributed by atoms with Crippen molar-refractivity contribution >= 4 is 96.1 Å². The molecule has 2 aliphatic rings. The van der Waals surface area contributed by atoms with Crippen LogP contribution in [0.4, 0.5) is 51.2 Å². The highest BCUT2D eigenvalue weighted by molar-refractivity contribution is 7.00. The van der Waals surface area contributed by atoms with E-state index in [1.165, 1.54) is 100 Å². The van der Waals surface area contributed by atoms with Crippen LogP contribution in [0.25, 0.3) is 38.6 Å². The van der Waals surface area contributed by atoms with Gasteiger partial charge in [-0.3, -0.25) is 0 Å². The Balaban J connectivity index is 1.12. The van der Waals surface area contributed by atoms with Crippen molar-refractivity contribution in [2.24, 2.45) is 0 Å². The molecule has 3 heterocycles. The lowest BCUT2D eigenvalue weighted by Crippen LogP contribution is -2.61. The summed E-state index contributed by atoms with van der Waals surface area (Å²) in [4.78, 5) is 7.74. The van der Waals surface area contributed by atoms with Crippen molar-refractivity contribution in [2.75, 3.05) is 14.7 Å². The van der Waals surface area contributed by atoms with E-state index in [9.17, 15) is 0 Å². The van der Waals surface area contributed by atoms with Gasteiger partial charge in [-0.05, 0) is 174 Å². The third kappa shape index (κ3) is 9.74. The van der Waals surface area contributed by atoms with Gasteiger partial charge in [0.25, 0.3) is 6.71 Å². The van der Waals surface area contributed by atoms with E-state index >= 15 is 0 Å². The van der Waals surface area contributed by atoms with E-state index in [0.29, 0.717) is 0 Å². The Hall–Kier alpha value is -8.54. The molecule has 2 aliphatic heterocycles. The largest absolute Gasteiger partial charge is 0.311 e. The summed E-state index contributed by atoms with van der Waals surface area (Å²) >= 11 is 0. The quantitative estimate of drug-likeness (QED) is 0.148. The van der Waals surface area contributed by atoms with E-state index in [1.807, 2.05) is 0 Å². The van der Waals surface area contributed by atoms with Crippen molar-refractivity contribution in [3.8, 4) is 16.8 Å². The average Bonchev–Trinajstić information content (AvgIpc) is 1.26. The Bertz CT molecular complexity index is 4360. The van der Waals surface area contributed by atoms with Crippen molar-refractivity contribution in [3.05, 3.63) is 246 Å². The van der Waals surface area contributed by atoms with Crippen molar-refractivity contribution < 1.29 is 0 Å². The highest BCUT2D eigenvalue weighted by atomic mass is 15.2. The Morgan fingerprint density at radius 2 is 0.800 bits per heavy atom. The first kappa shape index (κ1) is 55.6. The first-order chi connectivity index (χ1) is 40.3. The van der Waals surface area contributed by atoms with E-state index in [-0.39, 0.29) is 33.8 Å². The standard InChI is InChI=1S/C80H81BN4/c1-76(2,3)53-30-36-59(37-31-53)82(61-40-42-64-63-28-22-23-29-68(63)83(71(64)50-61)58-26-20-17-21-27-58)62-41-43-66-72(51-62)84(60-38-32-54(33-39-60)77(4,5)6)73-48-57(80(13,14)15)49-74-75(73)81(66)67-47-56(79(10,11)12)35-45-70(67)85(74)69-44-34-55(78(7,8)9)46-65(69)52-24-18-16-19-25-52/h16-51H,1-15H3. The van der Waals surface area contributed by atoms with Gasteiger partial charge in [0.15, 0.2) is 0 Å². The highest BCUT2D eigenvalue weighted by Crippen LogP contribution is 2.51. The van der Waals surface area contributed by atoms with Crippen molar-refractivity contribution in [1.29, 1.82) is 0 Å². The maximum Gasteiger partial charge on any atom is 0.252 e. The van der Waals surface area contributed by atoms with Crippen LogP contribution >= 0.6 is 0 Å². The normalized spacial score (nSPS) is 13.5. The summed E-state index contributed by atoms with van der Waals surface area (Å²) in [6.07, 6.45) is 0. The monoisotopic (exact) mass is 1110 g/mol. The molecule has 0 spiro atoms. The smallest absolute Gasteiger partial charge is 0.252 e. The van der Waals surface area contributed by atoms with Gasteiger partial charge < -0.3 is 19.3 Å². The molecular formula is C80H81BN4. The molecule has 0 saturated heterocycles. The Morgan fingerprint density at radius 1 is 0.306 bits per heavy atom. The molecule has 0 bridgehead atoms. The molecule has 0 N–H and O–H groups in total. The lowest BCUT2D eigenvalue weighted by atomic mass is 9.33. The first-order valence-corrected chi connectivity index (χ1v) is 30.7. The van der Waals surface area contributed by atoms with Gasteiger partial charge in [-0.1, -0.05) is 225 Å². The van der Waals surface area contributed by atoms with Crippen molar-refractivity contribution in [3.63, 3.8) is 0 Å². The van der Waals surface area contributed by atoms with Crippen LogP contribution in [0.15, 0.2) is 218 Å². The van der Waals surface area contributed by atoms with E-state index in [2.05, 4.69) is 342 Å². The number of hydrogen-bond acceptors (Lipinski definition) is 3. The summed E-state index contributed by atoms with van der Waals surface area (Å²) in [5.74, 6) is 0. The van der Waals surface area contributed by atoms with Gasteiger partial charge in [-0.2, -0.15) is 0 Å². The summed E-state index contributed by atoms with van der Waals surface area (Å²) in [7, 11) is 0. The Labute approximate surface area is 506 Å². The molecule has 4 nitrogen and oxygen atoms in total. The molecule has 0 atom stereocenters. The van der Waals surface area contributed by atoms with Crippen LogP contribution < -0.4 is 31.1 Å². The zero-order chi connectivity index (χ0) is 59.7. The maximum absolute atomic E-state index is 2.63. The molecule has 11 aromatic rings. The Kier molecular flexibility index (Phi) is 13.1. The van der Waals surface area contributed by atoms with Crippen LogP contribution in [0, 0.1) is 0 Å². The lowest BCUT2D eigenvalue weighted by Gasteiger charge is -2.46. The molecule has 13 rings (SSSR count). The summed E-state index contributed by atoms with van der Waals surface area (Å²) in [5.41, 5.74) is 26.4. The molecule has 0 amide bonds. The number of hydrogen-bond donors (Lipinski definition) is 0. The molecule has 0 unspecified atom stereocenters. The molecule has 5 heteroatoms. The van der Waals surface area contributed by atoms with Gasteiger partial charge >= 0.3 is 0 Å². The second kappa shape index (κ2) is 20.1. The predicted octanol–water partition coefficient (Wildman–Crippen LogP) is 20.5. The summed E-state index contributed by atoms with van der Waals surface area (Å²) in [6.45, 7) is 34.9. The minimum Gasteiger partial charge on any atom is -0.311 e. The molecule has 1 aromatic heterocycles. The van der Waals surface area contributed by atoms with Crippen molar-refractivity contribution in [2.45, 2.75) is 131 Å². The van der Waals surface area contributed by atoms with Gasteiger partial charge in [0.1, 0.15) is 0 Å². The number of benzene rings is 10. The third-order valence-corrected chi connectivity index (χ3v) is 18.1. The van der Waals surface area contributed by atoms with Crippen LogP contribution in [-0.4, -0.2) is 11.3 Å². The Morgan fingerprint density at radius 3 is 1.42 bits per heavy atom. The lowest BCUT2D eigenvalue weighted by molar-refractivity contribution is 0.589. The minimum atomic E-state index is -0.192. The summed E-state index contributed by atoms with van der Waals surface area (Å²) < 4.78 is 2.43. The highest BCUT2D eigenvalue weighted by Gasteiger charge is 2.45. The van der Waals surface area contributed by atoms with Crippen LogP contribution in [-0.2, 0) is 27.1 Å². The molecule has 424 valence electrons. The van der Waals surface area contributed by atoms with Gasteiger partial charge in [0.05, 0.1) is 16.7 Å². The van der Waals surface area contributed by atoms with Gasteiger partial charge in [-0.15, -0.1) is 0 Å². The van der Waals surface area contributed by atoms with Gasteiger partial charge in [0, 0.05) is 67.5 Å². The number of fused-ring (bicyclic) bond motifs is 7. The first-order valence-electron chi connectivity index (χ1n) is 30.7. The number of para-hydroxylation sites is 2. The second-order valence-electron chi connectivity index (χ2n) is 29.2. The molecule has 10 aromatic carbocycles. The zero-order valence-corrected chi connectivity index (χ0v) is 52.7. The fraction of sp³-hybridized carbons (Fsp3) is 0.250. The topological polar surface area (TPSA) is 14.7 Å². The SMILES string of the molecule is CC(C)(C)c1ccc(N(c2ccc3c(c2)N(c2ccc(C(C)(C)C)cc2)c2cc(C(C)(C)C)cc4c2B3c2cc(C(C)(C)C)ccc2N4c2ccc(C(C)(C)C)cc2-c2ccccc2)c2ccc3c4ccccc4n(-c4ccccc4)c3c2)cc1. The number of aromatic nitrogens is 1. The fourth-order valence-corrected chi connectivity index (χ4v) is 13.2. The molecule has 0 fully saturated rings. The zero-order valence-electron chi connectivity index (χ0n) is 52.7. The van der Waals surface area contributed by atoms with Gasteiger partial charge in [0.2, 0.25) is 0 Å². The summed E-state index contributed by atoms with van der Waals surface area (Å²) in [5, 5.41) is 2.46. The minimum absolute atomic E-state index is 0.0103. The van der Waals surface area contributed by atoms with Crippen LogP contribution in [0.2, 0.25) is 0 Å². The maximum atomic E-state index is 2.63. The van der Waals surface area contributed by atoms with E-state index in [4.69, 9.17) is 0 Å².